The van der Waals surface area contributed by atoms with E-state index in [4.69, 9.17) is 4.74 Å². The lowest BCUT2D eigenvalue weighted by atomic mass is 10.0. The number of carboxylic acid groups (broad SMARTS) is 1. The summed E-state index contributed by atoms with van der Waals surface area (Å²) in [4.78, 5) is 23.2. The molecule has 2 aromatic carbocycles. The Bertz CT molecular complexity index is 834. The smallest absolute Gasteiger partial charge is 0.308 e. The number of carbonyl (C=O) groups excluding carboxylic acids is 1. The second kappa shape index (κ2) is 9.05. The van der Waals surface area contributed by atoms with Gasteiger partial charge in [0.25, 0.3) is 0 Å². The van der Waals surface area contributed by atoms with Crippen LogP contribution in [0.1, 0.15) is 39.2 Å². The third-order valence-electron chi connectivity index (χ3n) is 3.76. The van der Waals surface area contributed by atoms with E-state index in [1.54, 1.807) is 20.8 Å². The molecule has 4 nitrogen and oxygen atoms in total. The number of carbonyl (C=O) groups is 2. The average Bonchev–Trinajstić information content (AvgIpc) is 2.60. The molecule has 140 valence electrons. The van der Waals surface area contributed by atoms with Crippen LogP contribution < -0.4 is 0 Å². The van der Waals surface area contributed by atoms with E-state index >= 15 is 0 Å². The summed E-state index contributed by atoms with van der Waals surface area (Å²) in [5.41, 5.74) is 2.39. The van der Waals surface area contributed by atoms with Crippen molar-refractivity contribution in [3.05, 3.63) is 60.2 Å². The van der Waals surface area contributed by atoms with Gasteiger partial charge in [0.05, 0.1) is 12.3 Å². The molecule has 2 rings (SSSR count). The van der Waals surface area contributed by atoms with Crippen molar-refractivity contribution in [2.75, 3.05) is 0 Å². The molecule has 0 aromatic heterocycles. The van der Waals surface area contributed by atoms with E-state index in [1.807, 2.05) is 54.6 Å². The fourth-order valence-corrected chi connectivity index (χ4v) is 2.48. The SMILES string of the molecule is CC(C)(C)OC(=O)CC(CC#Cc1ccc(-c2ccccc2)cc1)C(=O)O. The maximum atomic E-state index is 11.8. The number of benzene rings is 2. The molecule has 27 heavy (non-hydrogen) atoms. The topological polar surface area (TPSA) is 63.6 Å². The van der Waals surface area contributed by atoms with E-state index in [0.29, 0.717) is 0 Å². The van der Waals surface area contributed by atoms with Crippen LogP contribution in [0.2, 0.25) is 0 Å². The summed E-state index contributed by atoms with van der Waals surface area (Å²) in [6.07, 6.45) is -0.0940. The van der Waals surface area contributed by atoms with Crippen LogP contribution in [0, 0.1) is 17.8 Å². The van der Waals surface area contributed by atoms with Gasteiger partial charge in [-0.2, -0.15) is 0 Å². The highest BCUT2D eigenvalue weighted by Crippen LogP contribution is 2.19. The van der Waals surface area contributed by atoms with Gasteiger partial charge in [-0.05, 0) is 44.0 Å². The molecule has 1 atom stereocenters. The molecule has 0 bridgehead atoms. The van der Waals surface area contributed by atoms with Crippen molar-refractivity contribution in [2.24, 2.45) is 5.92 Å². The van der Waals surface area contributed by atoms with Crippen molar-refractivity contribution >= 4 is 11.9 Å². The molecule has 0 aliphatic heterocycles. The third kappa shape index (κ3) is 6.99. The highest BCUT2D eigenvalue weighted by Gasteiger charge is 2.24. The van der Waals surface area contributed by atoms with Gasteiger partial charge in [-0.1, -0.05) is 54.3 Å². The highest BCUT2D eigenvalue weighted by atomic mass is 16.6. The van der Waals surface area contributed by atoms with Gasteiger partial charge in [-0.25, -0.2) is 0 Å². The molecular formula is C23H24O4. The molecule has 0 aliphatic carbocycles. The average molecular weight is 364 g/mol. The zero-order chi connectivity index (χ0) is 19.9. The first kappa shape index (κ1) is 20.3. The Morgan fingerprint density at radius 2 is 1.59 bits per heavy atom. The number of ether oxygens (including phenoxy) is 1. The summed E-state index contributed by atoms with van der Waals surface area (Å²) in [5.74, 6) is 3.39. The van der Waals surface area contributed by atoms with Gasteiger partial charge >= 0.3 is 11.9 Å². The first-order valence-corrected chi connectivity index (χ1v) is 8.83. The molecule has 0 spiro atoms. The fourth-order valence-electron chi connectivity index (χ4n) is 2.48. The van der Waals surface area contributed by atoms with Crippen molar-refractivity contribution in [1.82, 2.24) is 0 Å². The maximum Gasteiger partial charge on any atom is 0.308 e. The largest absolute Gasteiger partial charge is 0.481 e. The number of carboxylic acids is 1. The van der Waals surface area contributed by atoms with Gasteiger partial charge in [0.2, 0.25) is 0 Å². The molecule has 0 aliphatic rings. The zero-order valence-corrected chi connectivity index (χ0v) is 15.9. The van der Waals surface area contributed by atoms with Gasteiger partial charge in [-0.15, -0.1) is 0 Å². The first-order valence-electron chi connectivity index (χ1n) is 8.83. The van der Waals surface area contributed by atoms with Crippen molar-refractivity contribution in [2.45, 2.75) is 39.2 Å². The summed E-state index contributed by atoms with van der Waals surface area (Å²) in [6, 6.07) is 17.8. The first-order chi connectivity index (χ1) is 12.7. The van der Waals surface area contributed by atoms with Gasteiger partial charge in [0.1, 0.15) is 5.60 Å². The van der Waals surface area contributed by atoms with Gasteiger partial charge < -0.3 is 9.84 Å². The summed E-state index contributed by atoms with van der Waals surface area (Å²) in [7, 11) is 0. The maximum absolute atomic E-state index is 11.8. The second-order valence-electron chi connectivity index (χ2n) is 7.28. The van der Waals surface area contributed by atoms with Crippen LogP contribution in [0.3, 0.4) is 0 Å². The number of hydrogen-bond acceptors (Lipinski definition) is 3. The van der Waals surface area contributed by atoms with E-state index in [9.17, 15) is 14.7 Å². The Balaban J connectivity index is 1.99. The zero-order valence-electron chi connectivity index (χ0n) is 15.9. The van der Waals surface area contributed by atoms with Crippen LogP contribution in [-0.2, 0) is 14.3 Å². The van der Waals surface area contributed by atoms with E-state index in [0.717, 1.165) is 16.7 Å². The monoisotopic (exact) mass is 364 g/mol. The summed E-state index contributed by atoms with van der Waals surface area (Å²) in [6.45, 7) is 5.25. The molecule has 1 N–H and O–H groups in total. The Kier molecular flexibility index (Phi) is 6.79. The van der Waals surface area contributed by atoms with Crippen LogP contribution in [0.4, 0.5) is 0 Å². The van der Waals surface area contributed by atoms with Gasteiger partial charge in [0.15, 0.2) is 0 Å². The lowest BCUT2D eigenvalue weighted by Gasteiger charge is -2.20. The van der Waals surface area contributed by atoms with Crippen LogP contribution in [0.5, 0.6) is 0 Å². The van der Waals surface area contributed by atoms with Crippen LogP contribution in [0.15, 0.2) is 54.6 Å². The lowest BCUT2D eigenvalue weighted by molar-refractivity contribution is -0.159. The minimum Gasteiger partial charge on any atom is -0.481 e. The molecular weight excluding hydrogens is 340 g/mol. The predicted octanol–water partition coefficient (Wildman–Crippen LogP) is 4.53. The molecule has 1 unspecified atom stereocenters. The summed E-state index contributed by atoms with van der Waals surface area (Å²) >= 11 is 0. The number of rotatable bonds is 5. The number of hydrogen-bond donors (Lipinski definition) is 1. The molecule has 0 heterocycles. The highest BCUT2D eigenvalue weighted by molar-refractivity contribution is 5.79. The molecule has 4 heteroatoms. The molecule has 0 radical (unpaired) electrons. The molecule has 2 aromatic rings. The van der Waals surface area contributed by atoms with Crippen LogP contribution >= 0.6 is 0 Å². The quantitative estimate of drug-likeness (QED) is 0.625. The Morgan fingerprint density at radius 3 is 2.15 bits per heavy atom. The van der Waals surface area contributed by atoms with Crippen molar-refractivity contribution in [3.8, 4) is 23.0 Å². The van der Waals surface area contributed by atoms with Gasteiger partial charge in [-0.3, -0.25) is 9.59 Å². The normalized spacial score (nSPS) is 11.8. The summed E-state index contributed by atoms with van der Waals surface area (Å²) in [5, 5.41) is 9.30. The predicted molar refractivity (Wildman–Crippen MR) is 105 cm³/mol. The minimum atomic E-state index is -1.05. The third-order valence-corrected chi connectivity index (χ3v) is 3.76. The minimum absolute atomic E-state index is 0.0923. The summed E-state index contributed by atoms with van der Waals surface area (Å²) < 4.78 is 5.19. The molecule has 0 saturated heterocycles. The van der Waals surface area contributed by atoms with E-state index < -0.39 is 23.5 Å². The second-order valence-corrected chi connectivity index (χ2v) is 7.28. The van der Waals surface area contributed by atoms with Gasteiger partial charge in [0, 0.05) is 12.0 Å². The van der Waals surface area contributed by atoms with Crippen molar-refractivity contribution in [1.29, 1.82) is 0 Å². The van der Waals surface area contributed by atoms with Crippen LogP contribution in [-0.4, -0.2) is 22.6 Å². The molecule has 0 saturated carbocycles. The lowest BCUT2D eigenvalue weighted by Crippen LogP contribution is -2.27. The number of aliphatic carboxylic acids is 1. The van der Waals surface area contributed by atoms with Crippen molar-refractivity contribution < 1.29 is 19.4 Å². The number of esters is 1. The Hall–Kier alpha value is -3.06. The van der Waals surface area contributed by atoms with Crippen molar-refractivity contribution in [3.63, 3.8) is 0 Å². The van der Waals surface area contributed by atoms with E-state index in [-0.39, 0.29) is 12.8 Å². The molecule has 0 fully saturated rings. The Morgan fingerprint density at radius 1 is 1.00 bits per heavy atom. The standard InChI is InChI=1S/C23H24O4/c1-23(2,3)27-21(24)16-20(22(25)26)11-7-8-17-12-14-19(15-13-17)18-9-5-4-6-10-18/h4-6,9-10,12-15,20H,11,16H2,1-3H3,(H,25,26). The van der Waals surface area contributed by atoms with Crippen LogP contribution in [0.25, 0.3) is 11.1 Å². The van der Waals surface area contributed by atoms with E-state index in [2.05, 4.69) is 11.8 Å². The van der Waals surface area contributed by atoms with E-state index in [1.165, 1.54) is 0 Å². The Labute approximate surface area is 160 Å². The fraction of sp³-hybridized carbons (Fsp3) is 0.304. The molecule has 0 amide bonds.